The highest BCUT2D eigenvalue weighted by molar-refractivity contribution is 5.93. The maximum Gasteiger partial charge on any atom is 0.265 e. The van der Waals surface area contributed by atoms with Crippen LogP contribution in [-0.4, -0.2) is 13.0 Å². The molecule has 23 heavy (non-hydrogen) atoms. The number of amides is 1. The molecule has 2 N–H and O–H groups in total. The van der Waals surface area contributed by atoms with Gasteiger partial charge in [0, 0.05) is 5.56 Å². The second-order valence-corrected chi connectivity index (χ2v) is 5.50. The molecule has 0 aliphatic heterocycles. The second kappa shape index (κ2) is 7.61. The fraction of sp³-hybridized carbons (Fsp3) is 0.211. The molecule has 4 nitrogen and oxygen atoms in total. The third-order valence-electron chi connectivity index (χ3n) is 3.77. The summed E-state index contributed by atoms with van der Waals surface area (Å²) in [4.78, 5) is 12.2. The minimum Gasteiger partial charge on any atom is -0.497 e. The molecule has 0 aliphatic carbocycles. The van der Waals surface area contributed by atoms with Gasteiger partial charge in [-0.1, -0.05) is 36.4 Å². The van der Waals surface area contributed by atoms with Gasteiger partial charge >= 0.3 is 0 Å². The minimum absolute atomic E-state index is 0.172. The van der Waals surface area contributed by atoms with Crippen LogP contribution in [0.15, 0.2) is 67.3 Å². The SMILES string of the molecule is C=CCC(C)(NNC(=O)c1ccccc1)c1ccc(OC)cc1. The Balaban J connectivity index is 2.13. The van der Waals surface area contributed by atoms with E-state index in [9.17, 15) is 4.79 Å². The number of nitrogens with one attached hydrogen (secondary N) is 2. The van der Waals surface area contributed by atoms with E-state index in [-0.39, 0.29) is 5.91 Å². The summed E-state index contributed by atoms with van der Waals surface area (Å²) >= 11 is 0. The van der Waals surface area contributed by atoms with Gasteiger partial charge in [0.15, 0.2) is 0 Å². The fourth-order valence-electron chi connectivity index (χ4n) is 2.35. The van der Waals surface area contributed by atoms with Crippen LogP contribution in [0.3, 0.4) is 0 Å². The average molecular weight is 310 g/mol. The minimum atomic E-state index is -0.460. The van der Waals surface area contributed by atoms with Gasteiger partial charge in [-0.3, -0.25) is 10.2 Å². The van der Waals surface area contributed by atoms with E-state index in [0.29, 0.717) is 12.0 Å². The van der Waals surface area contributed by atoms with Gasteiger partial charge in [-0.25, -0.2) is 5.43 Å². The highest BCUT2D eigenvalue weighted by Gasteiger charge is 2.25. The van der Waals surface area contributed by atoms with Crippen LogP contribution in [0.1, 0.15) is 29.3 Å². The Bertz CT molecular complexity index is 653. The van der Waals surface area contributed by atoms with Crippen molar-refractivity contribution in [3.63, 3.8) is 0 Å². The lowest BCUT2D eigenvalue weighted by molar-refractivity contribution is 0.0907. The number of benzene rings is 2. The summed E-state index contributed by atoms with van der Waals surface area (Å²) in [5.74, 6) is 0.623. The van der Waals surface area contributed by atoms with Crippen LogP contribution in [0, 0.1) is 0 Å². The first kappa shape index (κ1) is 16.8. The lowest BCUT2D eigenvalue weighted by atomic mass is 9.89. The van der Waals surface area contributed by atoms with Crippen molar-refractivity contribution in [1.29, 1.82) is 0 Å². The Labute approximate surface area is 137 Å². The van der Waals surface area contributed by atoms with E-state index in [1.807, 2.05) is 55.5 Å². The second-order valence-electron chi connectivity index (χ2n) is 5.50. The molecule has 2 aromatic carbocycles. The topological polar surface area (TPSA) is 50.4 Å². The number of carbonyl (C=O) groups is 1. The molecule has 1 atom stereocenters. The lowest BCUT2D eigenvalue weighted by Crippen LogP contribution is -2.50. The van der Waals surface area contributed by atoms with E-state index in [2.05, 4.69) is 17.4 Å². The molecule has 1 amide bonds. The predicted molar refractivity (Wildman–Crippen MR) is 92.2 cm³/mol. The molecular formula is C19H22N2O2. The predicted octanol–water partition coefficient (Wildman–Crippen LogP) is 3.42. The van der Waals surface area contributed by atoms with Crippen LogP contribution in [-0.2, 0) is 5.54 Å². The molecule has 1 unspecified atom stereocenters. The molecule has 0 aromatic heterocycles. The third kappa shape index (κ3) is 4.20. The van der Waals surface area contributed by atoms with Gasteiger partial charge in [0.25, 0.3) is 5.91 Å². The first-order valence-corrected chi connectivity index (χ1v) is 7.47. The Morgan fingerprint density at radius 1 is 1.17 bits per heavy atom. The largest absolute Gasteiger partial charge is 0.497 e. The molecule has 0 radical (unpaired) electrons. The quantitative estimate of drug-likeness (QED) is 0.608. The smallest absolute Gasteiger partial charge is 0.265 e. The van der Waals surface area contributed by atoms with Gasteiger partial charge in [-0.05, 0) is 43.2 Å². The summed E-state index contributed by atoms with van der Waals surface area (Å²) in [6.07, 6.45) is 2.49. The van der Waals surface area contributed by atoms with Crippen molar-refractivity contribution in [2.24, 2.45) is 0 Å². The molecule has 0 bridgehead atoms. The zero-order chi connectivity index (χ0) is 16.7. The lowest BCUT2D eigenvalue weighted by Gasteiger charge is -2.30. The number of methoxy groups -OCH3 is 1. The summed E-state index contributed by atoms with van der Waals surface area (Å²) in [5.41, 5.74) is 7.10. The van der Waals surface area contributed by atoms with E-state index < -0.39 is 5.54 Å². The first-order valence-electron chi connectivity index (χ1n) is 7.47. The van der Waals surface area contributed by atoms with Gasteiger partial charge in [0.2, 0.25) is 0 Å². The molecule has 0 spiro atoms. The Morgan fingerprint density at radius 2 is 1.83 bits per heavy atom. The molecule has 0 saturated carbocycles. The molecule has 0 aliphatic rings. The Hall–Kier alpha value is -2.59. The van der Waals surface area contributed by atoms with E-state index in [0.717, 1.165) is 11.3 Å². The molecule has 4 heteroatoms. The fourth-order valence-corrected chi connectivity index (χ4v) is 2.35. The summed E-state index contributed by atoms with van der Waals surface area (Å²) in [6, 6.07) is 16.8. The van der Waals surface area contributed by atoms with Crippen LogP contribution in [0.5, 0.6) is 5.75 Å². The number of hydrogen-bond donors (Lipinski definition) is 2. The number of rotatable bonds is 7. The van der Waals surface area contributed by atoms with Crippen molar-refractivity contribution >= 4 is 5.91 Å². The number of hydrazine groups is 1. The van der Waals surface area contributed by atoms with Gasteiger partial charge in [0.05, 0.1) is 12.6 Å². The molecule has 0 fully saturated rings. The molecule has 120 valence electrons. The van der Waals surface area contributed by atoms with Gasteiger partial charge < -0.3 is 4.74 Å². The molecule has 0 saturated heterocycles. The van der Waals surface area contributed by atoms with E-state index in [4.69, 9.17) is 4.74 Å². The molecule has 2 rings (SSSR count). The zero-order valence-corrected chi connectivity index (χ0v) is 13.5. The van der Waals surface area contributed by atoms with Crippen molar-refractivity contribution in [2.75, 3.05) is 7.11 Å². The number of hydrogen-bond acceptors (Lipinski definition) is 3. The maximum absolute atomic E-state index is 12.2. The van der Waals surface area contributed by atoms with E-state index in [1.54, 1.807) is 19.2 Å². The molecule has 2 aromatic rings. The van der Waals surface area contributed by atoms with Crippen molar-refractivity contribution in [3.05, 3.63) is 78.4 Å². The zero-order valence-electron chi connectivity index (χ0n) is 13.5. The monoisotopic (exact) mass is 310 g/mol. The van der Waals surface area contributed by atoms with E-state index in [1.165, 1.54) is 0 Å². The van der Waals surface area contributed by atoms with Gasteiger partial charge in [0.1, 0.15) is 5.75 Å². The van der Waals surface area contributed by atoms with Gasteiger partial charge in [-0.15, -0.1) is 6.58 Å². The van der Waals surface area contributed by atoms with Crippen molar-refractivity contribution in [1.82, 2.24) is 10.9 Å². The standard InChI is InChI=1S/C19H22N2O2/c1-4-14-19(2,16-10-12-17(23-3)13-11-16)21-20-18(22)15-8-6-5-7-9-15/h4-13,21H,1,14H2,2-3H3,(H,20,22). The first-order chi connectivity index (χ1) is 11.1. The van der Waals surface area contributed by atoms with Crippen molar-refractivity contribution in [3.8, 4) is 5.75 Å². The maximum atomic E-state index is 12.2. The molecule has 0 heterocycles. The highest BCUT2D eigenvalue weighted by Crippen LogP contribution is 2.26. The summed E-state index contributed by atoms with van der Waals surface area (Å²) in [5, 5.41) is 0. The van der Waals surface area contributed by atoms with Crippen molar-refractivity contribution < 1.29 is 9.53 Å². The summed E-state index contributed by atoms with van der Waals surface area (Å²) in [7, 11) is 1.64. The van der Waals surface area contributed by atoms with Crippen molar-refractivity contribution in [2.45, 2.75) is 18.9 Å². The average Bonchev–Trinajstić information content (AvgIpc) is 2.61. The van der Waals surface area contributed by atoms with Crippen LogP contribution in [0.25, 0.3) is 0 Å². The normalized spacial score (nSPS) is 13.0. The summed E-state index contributed by atoms with van der Waals surface area (Å²) < 4.78 is 5.19. The van der Waals surface area contributed by atoms with E-state index >= 15 is 0 Å². The summed E-state index contributed by atoms with van der Waals surface area (Å²) in [6.45, 7) is 5.83. The Morgan fingerprint density at radius 3 is 2.39 bits per heavy atom. The number of carbonyl (C=O) groups excluding carboxylic acids is 1. The highest BCUT2D eigenvalue weighted by atomic mass is 16.5. The molecular weight excluding hydrogens is 288 g/mol. The van der Waals surface area contributed by atoms with Gasteiger partial charge in [-0.2, -0.15) is 0 Å². The van der Waals surface area contributed by atoms with Crippen LogP contribution in [0.4, 0.5) is 0 Å². The van der Waals surface area contributed by atoms with Crippen LogP contribution >= 0.6 is 0 Å². The third-order valence-corrected chi connectivity index (χ3v) is 3.77. The van der Waals surface area contributed by atoms with Crippen LogP contribution in [0.2, 0.25) is 0 Å². The number of ether oxygens (including phenoxy) is 1. The van der Waals surface area contributed by atoms with Crippen LogP contribution < -0.4 is 15.6 Å². The Kier molecular flexibility index (Phi) is 5.55.